The molecule has 1 aliphatic rings. The van der Waals surface area contributed by atoms with Crippen LogP contribution < -0.4 is 10.6 Å². The molecule has 3 nitrogen and oxygen atoms in total. The number of rotatable bonds is 3. The molecule has 0 heterocycles. The summed E-state index contributed by atoms with van der Waals surface area (Å²) in [5.41, 5.74) is 5.52. The van der Waals surface area contributed by atoms with Crippen LogP contribution in [-0.4, -0.2) is 5.96 Å². The lowest BCUT2D eigenvalue weighted by atomic mass is 10.0. The first kappa shape index (κ1) is 15.5. The molecule has 3 aromatic carbocycles. The summed E-state index contributed by atoms with van der Waals surface area (Å²) in [6, 6.07) is 18.7. The highest BCUT2D eigenvalue weighted by molar-refractivity contribution is 6.11. The van der Waals surface area contributed by atoms with Crippen LogP contribution in [0.2, 0.25) is 0 Å². The molecule has 0 saturated heterocycles. The molecule has 0 fully saturated rings. The van der Waals surface area contributed by atoms with Gasteiger partial charge < -0.3 is 10.6 Å². The maximum atomic E-state index is 8.29. The van der Waals surface area contributed by atoms with E-state index in [4.69, 9.17) is 5.41 Å². The van der Waals surface area contributed by atoms with E-state index in [1.165, 1.54) is 21.9 Å². The molecule has 124 valence electrons. The van der Waals surface area contributed by atoms with E-state index in [1.54, 1.807) is 0 Å². The van der Waals surface area contributed by atoms with E-state index in [0.717, 1.165) is 16.9 Å². The van der Waals surface area contributed by atoms with Crippen LogP contribution in [0.3, 0.4) is 0 Å². The largest absolute Gasteiger partial charge is 0.326 e. The van der Waals surface area contributed by atoms with E-state index < -0.39 is 0 Å². The molecular formula is C22H21N3. The van der Waals surface area contributed by atoms with Crippen LogP contribution in [0, 0.1) is 5.41 Å². The van der Waals surface area contributed by atoms with Gasteiger partial charge >= 0.3 is 0 Å². The van der Waals surface area contributed by atoms with E-state index >= 15 is 0 Å². The van der Waals surface area contributed by atoms with Gasteiger partial charge in [-0.2, -0.15) is 0 Å². The van der Waals surface area contributed by atoms with Crippen molar-refractivity contribution in [2.75, 3.05) is 10.6 Å². The normalized spacial score (nSPS) is 12.0. The van der Waals surface area contributed by atoms with Gasteiger partial charge in [-0.1, -0.05) is 62.4 Å². The van der Waals surface area contributed by atoms with Crippen LogP contribution in [0.5, 0.6) is 0 Å². The van der Waals surface area contributed by atoms with Crippen molar-refractivity contribution in [3.63, 3.8) is 0 Å². The Labute approximate surface area is 147 Å². The maximum Gasteiger partial charge on any atom is 0.197 e. The fraction of sp³-hybridized carbons (Fsp3) is 0.136. The average molecular weight is 327 g/mol. The Bertz CT molecular complexity index is 999. The molecule has 1 aliphatic carbocycles. The van der Waals surface area contributed by atoms with E-state index in [9.17, 15) is 0 Å². The van der Waals surface area contributed by atoms with Gasteiger partial charge in [0.1, 0.15) is 0 Å². The number of guanidine groups is 1. The van der Waals surface area contributed by atoms with Crippen molar-refractivity contribution in [2.45, 2.75) is 19.8 Å². The number of anilines is 2. The molecule has 4 rings (SSSR count). The Morgan fingerprint density at radius 1 is 0.920 bits per heavy atom. The molecule has 25 heavy (non-hydrogen) atoms. The highest BCUT2D eigenvalue weighted by Gasteiger charge is 2.13. The maximum absolute atomic E-state index is 8.29. The second-order valence-electron chi connectivity index (χ2n) is 6.71. The van der Waals surface area contributed by atoms with Crippen LogP contribution in [0.25, 0.3) is 22.9 Å². The summed E-state index contributed by atoms with van der Waals surface area (Å²) in [6.45, 7) is 4.34. The van der Waals surface area contributed by atoms with Gasteiger partial charge in [0.05, 0.1) is 0 Å². The molecule has 0 radical (unpaired) electrons. The first-order chi connectivity index (χ1) is 12.1. The summed E-state index contributed by atoms with van der Waals surface area (Å²) in [5, 5.41) is 17.1. The molecule has 0 atom stereocenters. The predicted molar refractivity (Wildman–Crippen MR) is 108 cm³/mol. The zero-order valence-electron chi connectivity index (χ0n) is 14.4. The minimum Gasteiger partial charge on any atom is -0.326 e. The Morgan fingerprint density at radius 2 is 1.76 bits per heavy atom. The number of benzene rings is 3. The molecule has 3 N–H and O–H groups in total. The second-order valence-corrected chi connectivity index (χ2v) is 6.71. The van der Waals surface area contributed by atoms with E-state index in [0.29, 0.717) is 5.92 Å². The summed E-state index contributed by atoms with van der Waals surface area (Å²) in [6.07, 6.45) is 4.25. The van der Waals surface area contributed by atoms with Crippen LogP contribution in [-0.2, 0) is 0 Å². The van der Waals surface area contributed by atoms with Crippen LogP contribution >= 0.6 is 0 Å². The van der Waals surface area contributed by atoms with Gasteiger partial charge in [-0.3, -0.25) is 5.41 Å². The molecular weight excluding hydrogens is 306 g/mol. The van der Waals surface area contributed by atoms with Crippen molar-refractivity contribution in [3.05, 3.63) is 71.3 Å². The average Bonchev–Trinajstić information content (AvgIpc) is 3.04. The Balaban J connectivity index is 1.57. The van der Waals surface area contributed by atoms with Gasteiger partial charge in [0.15, 0.2) is 5.96 Å². The lowest BCUT2D eigenvalue weighted by Gasteiger charge is -2.15. The third kappa shape index (κ3) is 2.89. The van der Waals surface area contributed by atoms with E-state index in [-0.39, 0.29) is 5.96 Å². The van der Waals surface area contributed by atoms with Crippen molar-refractivity contribution in [3.8, 4) is 0 Å². The summed E-state index contributed by atoms with van der Waals surface area (Å²) >= 11 is 0. The van der Waals surface area contributed by atoms with E-state index in [1.807, 2.05) is 18.2 Å². The van der Waals surface area contributed by atoms with Gasteiger partial charge in [0.2, 0.25) is 0 Å². The predicted octanol–water partition coefficient (Wildman–Crippen LogP) is 5.91. The summed E-state index contributed by atoms with van der Waals surface area (Å²) in [4.78, 5) is 0. The molecule has 3 heteroatoms. The van der Waals surface area contributed by atoms with Crippen LogP contribution in [0.1, 0.15) is 36.5 Å². The summed E-state index contributed by atoms with van der Waals surface area (Å²) in [7, 11) is 0. The van der Waals surface area contributed by atoms with Gasteiger partial charge in [0.25, 0.3) is 0 Å². The Kier molecular flexibility index (Phi) is 3.77. The summed E-state index contributed by atoms with van der Waals surface area (Å²) in [5.74, 6) is 0.739. The zero-order chi connectivity index (χ0) is 17.4. The van der Waals surface area contributed by atoms with Crippen LogP contribution in [0.15, 0.2) is 54.6 Å². The van der Waals surface area contributed by atoms with Crippen LogP contribution in [0.4, 0.5) is 11.4 Å². The number of hydrogen-bond acceptors (Lipinski definition) is 1. The van der Waals surface area contributed by atoms with Crippen molar-refractivity contribution >= 4 is 40.3 Å². The van der Waals surface area contributed by atoms with Gasteiger partial charge in [0, 0.05) is 16.9 Å². The molecule has 0 aromatic heterocycles. The number of hydrogen-bond donors (Lipinski definition) is 3. The Morgan fingerprint density at radius 3 is 2.60 bits per heavy atom. The fourth-order valence-electron chi connectivity index (χ4n) is 3.32. The van der Waals surface area contributed by atoms with Crippen molar-refractivity contribution in [1.29, 1.82) is 5.41 Å². The SMILES string of the molecule is CC(C)c1cccc(NC(=N)Nc2ccc3cccc4c3c2C=C4)c1. The third-order valence-electron chi connectivity index (χ3n) is 4.63. The molecule has 3 aromatic rings. The minimum absolute atomic E-state index is 0.272. The smallest absolute Gasteiger partial charge is 0.197 e. The van der Waals surface area contributed by atoms with Gasteiger partial charge in [-0.15, -0.1) is 0 Å². The molecule has 0 aliphatic heterocycles. The standard InChI is InChI=1S/C22H21N3/c1-14(2)17-7-4-8-18(13-17)24-22(23)25-20-12-10-16-6-3-5-15-9-11-19(20)21(15)16/h3-14H,1-2H3,(H3,23,24,25). The molecule has 0 bridgehead atoms. The molecule has 0 spiro atoms. The quantitative estimate of drug-likeness (QED) is 0.324. The minimum atomic E-state index is 0.272. The zero-order valence-corrected chi connectivity index (χ0v) is 14.4. The van der Waals surface area contributed by atoms with Crippen molar-refractivity contribution < 1.29 is 0 Å². The third-order valence-corrected chi connectivity index (χ3v) is 4.63. The molecule has 0 amide bonds. The highest BCUT2D eigenvalue weighted by atomic mass is 15.1. The van der Waals surface area contributed by atoms with Gasteiger partial charge in [-0.05, 0) is 46.0 Å². The highest BCUT2D eigenvalue weighted by Crippen LogP contribution is 2.35. The molecule has 0 saturated carbocycles. The second kappa shape index (κ2) is 6.10. The lowest BCUT2D eigenvalue weighted by molar-refractivity contribution is 0.867. The van der Waals surface area contributed by atoms with Crippen molar-refractivity contribution in [2.24, 2.45) is 0 Å². The topological polar surface area (TPSA) is 47.9 Å². The summed E-state index contributed by atoms with van der Waals surface area (Å²) < 4.78 is 0. The number of nitrogens with one attached hydrogen (secondary N) is 3. The molecule has 0 unspecified atom stereocenters. The lowest BCUT2D eigenvalue weighted by Crippen LogP contribution is -2.21. The van der Waals surface area contributed by atoms with Crippen molar-refractivity contribution in [1.82, 2.24) is 0 Å². The monoisotopic (exact) mass is 327 g/mol. The first-order valence-electron chi connectivity index (χ1n) is 8.58. The Hall–Kier alpha value is -3.07. The fourth-order valence-corrected chi connectivity index (χ4v) is 3.32. The van der Waals surface area contributed by atoms with E-state index in [2.05, 4.69) is 73.0 Å². The van der Waals surface area contributed by atoms with Gasteiger partial charge in [-0.25, -0.2) is 0 Å². The first-order valence-corrected chi connectivity index (χ1v) is 8.58.